The van der Waals surface area contributed by atoms with Crippen molar-refractivity contribution in [2.24, 2.45) is 11.8 Å². The number of ether oxygens (including phenoxy) is 4. The van der Waals surface area contributed by atoms with E-state index >= 15 is 0 Å². The lowest BCUT2D eigenvalue weighted by atomic mass is 9.85. The lowest BCUT2D eigenvalue weighted by molar-refractivity contribution is -0.141. The second kappa shape index (κ2) is 6.90. The number of carbonyl (C=O) groups is 1. The zero-order valence-corrected chi connectivity index (χ0v) is 14.8. The zero-order valence-electron chi connectivity index (χ0n) is 14.8. The van der Waals surface area contributed by atoms with Crippen LogP contribution in [0.1, 0.15) is 11.1 Å². The van der Waals surface area contributed by atoms with E-state index < -0.39 is 0 Å². The fraction of sp³-hybridized carbons (Fsp3) is 0.350. The van der Waals surface area contributed by atoms with Gasteiger partial charge in [0.05, 0.1) is 19.6 Å². The van der Waals surface area contributed by atoms with Crippen LogP contribution in [0.25, 0.3) is 0 Å². The molecule has 0 aromatic heterocycles. The third-order valence-corrected chi connectivity index (χ3v) is 5.04. The van der Waals surface area contributed by atoms with Gasteiger partial charge < -0.3 is 29.2 Å². The van der Waals surface area contributed by atoms with E-state index in [1.165, 1.54) is 13.2 Å². The second-order valence-corrected chi connectivity index (χ2v) is 6.76. The van der Waals surface area contributed by atoms with E-state index in [4.69, 9.17) is 18.9 Å². The van der Waals surface area contributed by atoms with Crippen molar-refractivity contribution in [3.63, 3.8) is 0 Å². The molecule has 1 saturated heterocycles. The van der Waals surface area contributed by atoms with Gasteiger partial charge in [-0.25, -0.2) is 0 Å². The monoisotopic (exact) mass is 372 g/mol. The lowest BCUT2D eigenvalue weighted by Gasteiger charge is -2.16. The highest BCUT2D eigenvalue weighted by Crippen LogP contribution is 2.39. The number of phenols is 2. The quantitative estimate of drug-likeness (QED) is 0.615. The van der Waals surface area contributed by atoms with Crippen LogP contribution in [0.2, 0.25) is 0 Å². The number of benzene rings is 2. The summed E-state index contributed by atoms with van der Waals surface area (Å²) < 4.78 is 21.1. The molecule has 2 aromatic carbocycles. The van der Waals surface area contributed by atoms with Crippen LogP contribution in [0.3, 0.4) is 0 Å². The molecule has 0 unspecified atom stereocenters. The van der Waals surface area contributed by atoms with Crippen LogP contribution < -0.4 is 14.2 Å². The third kappa shape index (κ3) is 3.32. The van der Waals surface area contributed by atoms with Gasteiger partial charge in [0.15, 0.2) is 23.0 Å². The van der Waals surface area contributed by atoms with Gasteiger partial charge in [0.1, 0.15) is 0 Å². The van der Waals surface area contributed by atoms with E-state index in [2.05, 4.69) is 0 Å². The Hall–Kier alpha value is -3.09. The van der Waals surface area contributed by atoms with Gasteiger partial charge in [0, 0.05) is 5.92 Å². The summed E-state index contributed by atoms with van der Waals surface area (Å²) in [5.41, 5.74) is 1.74. The smallest absolute Gasteiger partial charge is 0.309 e. The van der Waals surface area contributed by atoms with Crippen LogP contribution in [0.15, 0.2) is 30.3 Å². The predicted molar refractivity (Wildman–Crippen MR) is 94.2 cm³/mol. The Balaban J connectivity index is 1.53. The third-order valence-electron chi connectivity index (χ3n) is 5.04. The minimum absolute atomic E-state index is 0.000174. The summed E-state index contributed by atoms with van der Waals surface area (Å²) in [5, 5.41) is 19.6. The van der Waals surface area contributed by atoms with Crippen LogP contribution in [0, 0.1) is 11.8 Å². The number of hydrogen-bond donors (Lipinski definition) is 2. The van der Waals surface area contributed by atoms with E-state index in [9.17, 15) is 15.0 Å². The number of hydrogen-bond acceptors (Lipinski definition) is 7. The van der Waals surface area contributed by atoms with E-state index in [1.807, 2.05) is 18.2 Å². The maximum Gasteiger partial charge on any atom is 0.309 e. The van der Waals surface area contributed by atoms with E-state index in [1.54, 1.807) is 6.07 Å². The maximum atomic E-state index is 12.3. The van der Waals surface area contributed by atoms with Gasteiger partial charge in [-0.1, -0.05) is 6.07 Å². The van der Waals surface area contributed by atoms with Crippen LogP contribution in [-0.2, 0) is 22.4 Å². The topological polar surface area (TPSA) is 94.5 Å². The summed E-state index contributed by atoms with van der Waals surface area (Å²) in [5.74, 6) is 0.415. The van der Waals surface area contributed by atoms with Crippen molar-refractivity contribution in [1.82, 2.24) is 0 Å². The molecule has 0 bridgehead atoms. The second-order valence-electron chi connectivity index (χ2n) is 6.76. The first-order chi connectivity index (χ1) is 13.0. The SMILES string of the molecule is COc1cc(C[C@H]2C(=O)OC[C@@H]2Cc2ccc3c(c2)OCO3)cc(O)c1O. The average molecular weight is 372 g/mol. The first-order valence-corrected chi connectivity index (χ1v) is 8.69. The number of aromatic hydroxyl groups is 2. The van der Waals surface area contributed by atoms with Crippen LogP contribution in [-0.4, -0.2) is 36.7 Å². The lowest BCUT2D eigenvalue weighted by Crippen LogP contribution is -2.20. The molecule has 7 heteroatoms. The number of esters is 1. The molecule has 0 amide bonds. The number of rotatable bonds is 5. The van der Waals surface area contributed by atoms with E-state index in [0.717, 1.165) is 11.3 Å². The molecule has 7 nitrogen and oxygen atoms in total. The summed E-state index contributed by atoms with van der Waals surface area (Å²) in [6, 6.07) is 8.83. The minimum Gasteiger partial charge on any atom is -0.504 e. The van der Waals surface area contributed by atoms with Gasteiger partial charge in [0.2, 0.25) is 12.5 Å². The molecule has 2 aliphatic rings. The highest BCUT2D eigenvalue weighted by atomic mass is 16.7. The van der Waals surface area contributed by atoms with E-state index in [0.29, 0.717) is 30.8 Å². The molecular weight excluding hydrogens is 352 g/mol. The molecule has 0 spiro atoms. The summed E-state index contributed by atoms with van der Waals surface area (Å²) in [7, 11) is 1.41. The zero-order chi connectivity index (χ0) is 19.0. The Labute approximate surface area is 156 Å². The Morgan fingerprint density at radius 3 is 2.67 bits per heavy atom. The largest absolute Gasteiger partial charge is 0.504 e. The van der Waals surface area contributed by atoms with Gasteiger partial charge in [-0.3, -0.25) is 4.79 Å². The number of cyclic esters (lactones) is 1. The van der Waals surface area contributed by atoms with E-state index in [-0.39, 0.29) is 41.8 Å². The fourth-order valence-electron chi connectivity index (χ4n) is 3.60. The molecule has 0 saturated carbocycles. The molecule has 2 aliphatic heterocycles. The average Bonchev–Trinajstić information content (AvgIpc) is 3.25. The number of phenolic OH excluding ortho intramolecular Hbond substituents is 2. The fourth-order valence-corrected chi connectivity index (χ4v) is 3.60. The Kier molecular flexibility index (Phi) is 4.43. The van der Waals surface area contributed by atoms with Crippen molar-refractivity contribution < 1.29 is 34.0 Å². The number of fused-ring (bicyclic) bond motifs is 1. The molecule has 2 aromatic rings. The van der Waals surface area contributed by atoms with Crippen LogP contribution in [0.5, 0.6) is 28.7 Å². The normalized spacial score (nSPS) is 20.6. The molecule has 27 heavy (non-hydrogen) atoms. The van der Waals surface area contributed by atoms with Gasteiger partial charge in [-0.15, -0.1) is 0 Å². The highest BCUT2D eigenvalue weighted by Gasteiger charge is 2.37. The van der Waals surface area contributed by atoms with Crippen LogP contribution >= 0.6 is 0 Å². The molecule has 2 atom stereocenters. The molecule has 0 aliphatic carbocycles. The first-order valence-electron chi connectivity index (χ1n) is 8.69. The van der Waals surface area contributed by atoms with Crippen molar-refractivity contribution in [2.45, 2.75) is 12.8 Å². The van der Waals surface area contributed by atoms with Crippen molar-refractivity contribution in [3.05, 3.63) is 41.5 Å². The van der Waals surface area contributed by atoms with Crippen molar-refractivity contribution in [3.8, 4) is 28.7 Å². The summed E-state index contributed by atoms with van der Waals surface area (Å²) in [4.78, 5) is 12.3. The molecular formula is C20H20O7. The number of methoxy groups -OCH3 is 1. The maximum absolute atomic E-state index is 12.3. The van der Waals surface area contributed by atoms with Gasteiger partial charge >= 0.3 is 5.97 Å². The molecule has 142 valence electrons. The van der Waals surface area contributed by atoms with Gasteiger partial charge in [0.25, 0.3) is 0 Å². The Bertz CT molecular complexity index is 877. The molecule has 2 heterocycles. The standard InChI is InChI=1S/C20H20O7/c1-24-18-8-12(6-15(21)19(18)22)5-14-13(9-25-20(14)23)4-11-2-3-16-17(7-11)27-10-26-16/h2-3,6-8,13-14,21-22H,4-5,9-10H2,1H3/t13-,14+/m0/s1. The van der Waals surface area contributed by atoms with Gasteiger partial charge in [-0.2, -0.15) is 0 Å². The molecule has 4 rings (SSSR count). The van der Waals surface area contributed by atoms with Crippen molar-refractivity contribution >= 4 is 5.97 Å². The minimum atomic E-state index is -0.343. The summed E-state index contributed by atoms with van der Waals surface area (Å²) in [6.07, 6.45) is 1.05. The Morgan fingerprint density at radius 2 is 1.85 bits per heavy atom. The van der Waals surface area contributed by atoms with Gasteiger partial charge in [-0.05, 0) is 48.2 Å². The van der Waals surface area contributed by atoms with Crippen molar-refractivity contribution in [1.29, 1.82) is 0 Å². The van der Waals surface area contributed by atoms with Crippen molar-refractivity contribution in [2.75, 3.05) is 20.5 Å². The number of carbonyl (C=O) groups excluding carboxylic acids is 1. The predicted octanol–water partition coefficient (Wildman–Crippen LogP) is 2.41. The first kappa shape index (κ1) is 17.3. The van der Waals surface area contributed by atoms with Crippen LogP contribution in [0.4, 0.5) is 0 Å². The summed E-state index contributed by atoms with van der Waals surface area (Å²) in [6.45, 7) is 0.567. The molecule has 0 radical (unpaired) electrons. The molecule has 2 N–H and O–H groups in total. The molecule has 1 fully saturated rings. The Morgan fingerprint density at radius 1 is 1.04 bits per heavy atom. The summed E-state index contributed by atoms with van der Waals surface area (Å²) >= 11 is 0. The highest BCUT2D eigenvalue weighted by molar-refractivity contribution is 5.75.